The fraction of sp³-hybridized carbons (Fsp3) is 0.238. The molecule has 0 aromatic heterocycles. The first kappa shape index (κ1) is 18.2. The lowest BCUT2D eigenvalue weighted by Gasteiger charge is -2.33. The maximum atomic E-state index is 14.0. The highest BCUT2D eigenvalue weighted by Gasteiger charge is 2.33. The van der Waals surface area contributed by atoms with E-state index in [-0.39, 0.29) is 23.8 Å². The molecule has 2 aliphatic heterocycles. The number of fused-ring (bicyclic) bond motifs is 1. The van der Waals surface area contributed by atoms with Crippen molar-refractivity contribution in [1.82, 2.24) is 4.90 Å². The van der Waals surface area contributed by atoms with Crippen molar-refractivity contribution < 1.29 is 23.5 Å². The van der Waals surface area contributed by atoms with Crippen LogP contribution in [0.2, 0.25) is 0 Å². The van der Waals surface area contributed by atoms with E-state index in [9.17, 15) is 14.0 Å². The van der Waals surface area contributed by atoms with Gasteiger partial charge in [-0.3, -0.25) is 14.5 Å². The molecule has 2 amide bonds. The van der Waals surface area contributed by atoms with Gasteiger partial charge in [0.05, 0.1) is 18.9 Å². The van der Waals surface area contributed by atoms with Gasteiger partial charge in [0.25, 0.3) is 5.91 Å². The first-order valence-corrected chi connectivity index (χ1v) is 9.04. The topological polar surface area (TPSA) is 59.1 Å². The first-order valence-electron chi connectivity index (χ1n) is 9.04. The van der Waals surface area contributed by atoms with Crippen molar-refractivity contribution >= 4 is 23.6 Å². The molecule has 0 unspecified atom stereocenters. The molecule has 0 atom stereocenters. The van der Waals surface area contributed by atoms with Gasteiger partial charge in [-0.25, -0.2) is 4.39 Å². The van der Waals surface area contributed by atoms with Crippen LogP contribution in [0.25, 0.3) is 6.08 Å². The zero-order valence-corrected chi connectivity index (χ0v) is 15.1. The molecule has 28 heavy (non-hydrogen) atoms. The molecule has 1 fully saturated rings. The van der Waals surface area contributed by atoms with Crippen molar-refractivity contribution in [2.75, 3.05) is 37.7 Å². The summed E-state index contributed by atoms with van der Waals surface area (Å²) in [7, 11) is 0. The van der Waals surface area contributed by atoms with Gasteiger partial charge >= 0.3 is 0 Å². The highest BCUT2D eigenvalue weighted by molar-refractivity contribution is 6.12. The van der Waals surface area contributed by atoms with Crippen LogP contribution in [-0.2, 0) is 14.3 Å². The summed E-state index contributed by atoms with van der Waals surface area (Å²) in [6.07, 6.45) is 1.36. The number of hydrogen-bond donors (Lipinski definition) is 0. The molecule has 0 bridgehead atoms. The van der Waals surface area contributed by atoms with Crippen molar-refractivity contribution in [2.24, 2.45) is 0 Å². The summed E-state index contributed by atoms with van der Waals surface area (Å²) >= 11 is 0. The van der Waals surface area contributed by atoms with Crippen molar-refractivity contribution in [2.45, 2.75) is 0 Å². The van der Waals surface area contributed by atoms with Crippen LogP contribution in [0, 0.1) is 5.82 Å². The van der Waals surface area contributed by atoms with E-state index in [4.69, 9.17) is 9.47 Å². The van der Waals surface area contributed by atoms with E-state index in [2.05, 4.69) is 0 Å². The zero-order chi connectivity index (χ0) is 19.5. The number of rotatable bonds is 3. The van der Waals surface area contributed by atoms with Crippen molar-refractivity contribution in [3.63, 3.8) is 0 Å². The molecule has 2 aliphatic rings. The minimum absolute atomic E-state index is 0.0291. The van der Waals surface area contributed by atoms with Gasteiger partial charge in [0.15, 0.2) is 11.5 Å². The highest BCUT2D eigenvalue weighted by atomic mass is 19.1. The predicted molar refractivity (Wildman–Crippen MR) is 101 cm³/mol. The number of carbonyl (C=O) groups excluding carboxylic acids is 2. The van der Waals surface area contributed by atoms with Gasteiger partial charge in [-0.15, -0.1) is 0 Å². The average Bonchev–Trinajstić information content (AvgIpc) is 2.73. The Labute approximate surface area is 161 Å². The largest absolute Gasteiger partial charge is 0.449 e. The van der Waals surface area contributed by atoms with Crippen LogP contribution in [0.1, 0.15) is 5.56 Å². The van der Waals surface area contributed by atoms with Crippen molar-refractivity contribution in [3.8, 4) is 5.75 Å². The Morgan fingerprint density at radius 2 is 1.79 bits per heavy atom. The maximum absolute atomic E-state index is 14.0. The monoisotopic (exact) mass is 382 g/mol. The average molecular weight is 382 g/mol. The third-order valence-electron chi connectivity index (χ3n) is 4.68. The lowest BCUT2D eigenvalue weighted by atomic mass is 10.1. The number of morpholine rings is 1. The zero-order valence-electron chi connectivity index (χ0n) is 15.1. The molecule has 6 nitrogen and oxygen atoms in total. The van der Waals surface area contributed by atoms with E-state index < -0.39 is 11.7 Å². The third kappa shape index (κ3) is 3.61. The Morgan fingerprint density at radius 1 is 1.07 bits per heavy atom. The molecule has 0 N–H and O–H groups in total. The Balaban J connectivity index is 1.65. The molecule has 2 aromatic carbocycles. The Hall–Kier alpha value is -3.19. The van der Waals surface area contributed by atoms with Gasteiger partial charge < -0.3 is 14.4 Å². The number of amides is 2. The standard InChI is InChI=1S/C21H19FN2O4/c22-16-6-2-1-5-15(16)13-19-21(26)24(17-7-3-4-8-18(17)28-19)14-20(25)23-9-11-27-12-10-23/h1-8,13H,9-12,14H2. The summed E-state index contributed by atoms with van der Waals surface area (Å²) < 4.78 is 25.0. The second kappa shape index (κ2) is 7.82. The molecule has 0 radical (unpaired) electrons. The summed E-state index contributed by atoms with van der Waals surface area (Å²) in [5.74, 6) is -0.693. The van der Waals surface area contributed by atoms with E-state index in [1.54, 1.807) is 47.4 Å². The minimum atomic E-state index is -0.483. The summed E-state index contributed by atoms with van der Waals surface area (Å²) in [5.41, 5.74) is 0.754. The molecule has 144 valence electrons. The second-order valence-electron chi connectivity index (χ2n) is 6.48. The van der Waals surface area contributed by atoms with Crippen molar-refractivity contribution in [1.29, 1.82) is 0 Å². The lowest BCUT2D eigenvalue weighted by Crippen LogP contribution is -2.48. The molecule has 2 aromatic rings. The Morgan fingerprint density at radius 3 is 2.57 bits per heavy atom. The number of carbonyl (C=O) groups is 2. The number of benzene rings is 2. The molecule has 4 rings (SSSR count). The third-order valence-corrected chi connectivity index (χ3v) is 4.68. The number of anilines is 1. The van der Waals surface area contributed by atoms with Gasteiger partial charge in [0.1, 0.15) is 12.4 Å². The molecule has 0 saturated carbocycles. The predicted octanol–water partition coefficient (Wildman–Crippen LogP) is 2.45. The van der Waals surface area contributed by atoms with E-state index in [1.165, 1.54) is 17.0 Å². The summed E-state index contributed by atoms with van der Waals surface area (Å²) in [6.45, 7) is 1.84. The van der Waals surface area contributed by atoms with Gasteiger partial charge in [-0.2, -0.15) is 0 Å². The number of hydrogen-bond acceptors (Lipinski definition) is 4. The molecule has 7 heteroatoms. The van der Waals surface area contributed by atoms with Crippen LogP contribution in [0.5, 0.6) is 5.75 Å². The lowest BCUT2D eigenvalue weighted by molar-refractivity contribution is -0.135. The summed E-state index contributed by atoms with van der Waals surface area (Å²) in [4.78, 5) is 28.8. The van der Waals surface area contributed by atoms with Gasteiger partial charge in [0.2, 0.25) is 5.91 Å². The van der Waals surface area contributed by atoms with E-state index >= 15 is 0 Å². The number of ether oxygens (including phenoxy) is 2. The van der Waals surface area contributed by atoms with Gasteiger partial charge in [-0.05, 0) is 24.3 Å². The second-order valence-corrected chi connectivity index (χ2v) is 6.48. The Bertz CT molecular complexity index is 938. The van der Waals surface area contributed by atoms with E-state index in [1.807, 2.05) is 0 Å². The number of para-hydroxylation sites is 2. The fourth-order valence-corrected chi connectivity index (χ4v) is 3.20. The van der Waals surface area contributed by atoms with Crippen LogP contribution in [0.3, 0.4) is 0 Å². The number of nitrogens with zero attached hydrogens (tertiary/aromatic N) is 2. The highest BCUT2D eigenvalue weighted by Crippen LogP contribution is 2.35. The van der Waals surface area contributed by atoms with Crippen LogP contribution >= 0.6 is 0 Å². The van der Waals surface area contributed by atoms with Crippen LogP contribution in [0.15, 0.2) is 54.3 Å². The van der Waals surface area contributed by atoms with Crippen LogP contribution in [0.4, 0.5) is 10.1 Å². The molecule has 1 saturated heterocycles. The molecular formula is C21H19FN2O4. The van der Waals surface area contributed by atoms with Crippen LogP contribution < -0.4 is 9.64 Å². The SMILES string of the molecule is O=C(CN1C(=O)C(=Cc2ccccc2F)Oc2ccccc21)N1CCOCC1. The van der Waals surface area contributed by atoms with Gasteiger partial charge in [0, 0.05) is 18.7 Å². The minimum Gasteiger partial charge on any atom is -0.449 e. The quantitative estimate of drug-likeness (QED) is 0.766. The smallest absolute Gasteiger partial charge is 0.294 e. The van der Waals surface area contributed by atoms with Gasteiger partial charge in [-0.1, -0.05) is 30.3 Å². The maximum Gasteiger partial charge on any atom is 0.294 e. The molecule has 2 heterocycles. The van der Waals surface area contributed by atoms with E-state index in [0.717, 1.165) is 0 Å². The molecule has 0 spiro atoms. The summed E-state index contributed by atoms with van der Waals surface area (Å²) in [6, 6.07) is 13.1. The first-order chi connectivity index (χ1) is 13.6. The van der Waals surface area contributed by atoms with Crippen molar-refractivity contribution in [3.05, 3.63) is 65.7 Å². The fourth-order valence-electron chi connectivity index (χ4n) is 3.20. The normalized spacial score (nSPS) is 18.0. The molecule has 0 aliphatic carbocycles. The number of halogens is 1. The summed E-state index contributed by atoms with van der Waals surface area (Å²) in [5, 5.41) is 0. The Kier molecular flexibility index (Phi) is 5.08. The molecular weight excluding hydrogens is 363 g/mol. The van der Waals surface area contributed by atoms with Crippen LogP contribution in [-0.4, -0.2) is 49.6 Å². The van der Waals surface area contributed by atoms with E-state index in [0.29, 0.717) is 37.7 Å².